The van der Waals surface area contributed by atoms with Gasteiger partial charge in [0.25, 0.3) is 5.56 Å². The Morgan fingerprint density at radius 1 is 1.27 bits per heavy atom. The van der Waals surface area contributed by atoms with Crippen molar-refractivity contribution in [2.75, 3.05) is 5.32 Å². The fourth-order valence-corrected chi connectivity index (χ4v) is 2.79. The van der Waals surface area contributed by atoms with Crippen LogP contribution in [-0.4, -0.2) is 19.4 Å². The van der Waals surface area contributed by atoms with Crippen LogP contribution >= 0.6 is 11.5 Å². The van der Waals surface area contributed by atoms with E-state index in [1.54, 1.807) is 29.6 Å². The molecule has 0 spiro atoms. The van der Waals surface area contributed by atoms with Gasteiger partial charge in [-0.15, -0.1) is 0 Å². The molecule has 1 amide bonds. The van der Waals surface area contributed by atoms with Crippen molar-refractivity contribution in [3.63, 3.8) is 0 Å². The number of anilines is 1. The molecule has 1 N–H and O–H groups in total. The normalized spacial score (nSPS) is 10.8. The Kier molecular flexibility index (Phi) is 3.60. The number of amides is 1. The number of carbonyl (C=O) groups excluding carboxylic acids is 1. The SMILES string of the molecule is Cn1c(=O)c2nscc2n(CC(=O)Nc2ccccc2)c1=O. The minimum Gasteiger partial charge on any atom is -0.325 e. The highest BCUT2D eigenvalue weighted by atomic mass is 32.1. The number of fused-ring (bicyclic) bond motifs is 1. The highest BCUT2D eigenvalue weighted by Crippen LogP contribution is 2.10. The lowest BCUT2D eigenvalue weighted by molar-refractivity contribution is -0.116. The maximum Gasteiger partial charge on any atom is 0.331 e. The third-order valence-corrected chi connectivity index (χ3v) is 3.84. The number of hydrogen-bond acceptors (Lipinski definition) is 5. The summed E-state index contributed by atoms with van der Waals surface area (Å²) in [5, 5.41) is 4.30. The Bertz CT molecular complexity index is 956. The van der Waals surface area contributed by atoms with Crippen LogP contribution < -0.4 is 16.6 Å². The van der Waals surface area contributed by atoms with Gasteiger partial charge in [0.15, 0.2) is 5.52 Å². The van der Waals surface area contributed by atoms with E-state index in [1.165, 1.54) is 11.6 Å². The third-order valence-electron chi connectivity index (χ3n) is 3.23. The topological polar surface area (TPSA) is 86.0 Å². The van der Waals surface area contributed by atoms with Gasteiger partial charge in [-0.2, -0.15) is 4.37 Å². The average molecular weight is 316 g/mol. The second-order valence-electron chi connectivity index (χ2n) is 4.70. The summed E-state index contributed by atoms with van der Waals surface area (Å²) < 4.78 is 6.19. The Balaban J connectivity index is 1.97. The lowest BCUT2D eigenvalue weighted by Gasteiger charge is -2.09. The van der Waals surface area contributed by atoms with Gasteiger partial charge in [-0.1, -0.05) is 18.2 Å². The molecule has 0 radical (unpaired) electrons. The van der Waals surface area contributed by atoms with Crippen LogP contribution in [0.4, 0.5) is 5.69 Å². The molecule has 0 atom stereocenters. The highest BCUT2D eigenvalue weighted by molar-refractivity contribution is 7.04. The van der Waals surface area contributed by atoms with Gasteiger partial charge in [0.1, 0.15) is 6.54 Å². The van der Waals surface area contributed by atoms with E-state index >= 15 is 0 Å². The molecular weight excluding hydrogens is 304 g/mol. The first-order valence-corrected chi connectivity index (χ1v) is 7.30. The van der Waals surface area contributed by atoms with Gasteiger partial charge >= 0.3 is 5.69 Å². The van der Waals surface area contributed by atoms with E-state index in [0.29, 0.717) is 11.2 Å². The molecule has 0 aliphatic carbocycles. The molecule has 0 bridgehead atoms. The molecule has 3 rings (SSSR count). The van der Waals surface area contributed by atoms with Crippen LogP contribution in [0.5, 0.6) is 0 Å². The summed E-state index contributed by atoms with van der Waals surface area (Å²) in [5.74, 6) is -0.348. The summed E-state index contributed by atoms with van der Waals surface area (Å²) >= 11 is 1.07. The monoisotopic (exact) mass is 316 g/mol. The Morgan fingerprint density at radius 2 is 2.00 bits per heavy atom. The standard InChI is InChI=1S/C14H12N4O3S/c1-17-13(20)12-10(8-22-16-12)18(14(17)21)7-11(19)15-9-5-3-2-4-6-9/h2-6,8H,7H2,1H3,(H,15,19). The van der Waals surface area contributed by atoms with Gasteiger partial charge in [-0.25, -0.2) is 4.79 Å². The molecule has 0 aliphatic heterocycles. The van der Waals surface area contributed by atoms with Gasteiger partial charge < -0.3 is 5.32 Å². The Labute approximate surface area is 128 Å². The van der Waals surface area contributed by atoms with Gasteiger partial charge in [0.05, 0.1) is 5.52 Å². The van der Waals surface area contributed by atoms with Crippen LogP contribution in [-0.2, 0) is 18.4 Å². The number of nitrogens with one attached hydrogen (secondary N) is 1. The van der Waals surface area contributed by atoms with Crippen molar-refractivity contribution >= 4 is 34.2 Å². The summed E-state index contributed by atoms with van der Waals surface area (Å²) in [6.45, 7) is -0.184. The van der Waals surface area contributed by atoms with Gasteiger partial charge in [-0.3, -0.25) is 18.7 Å². The highest BCUT2D eigenvalue weighted by Gasteiger charge is 2.15. The fraction of sp³-hybridized carbons (Fsp3) is 0.143. The third kappa shape index (κ3) is 2.44. The molecule has 112 valence electrons. The molecule has 2 aromatic heterocycles. The molecule has 7 nitrogen and oxygen atoms in total. The second-order valence-corrected chi connectivity index (χ2v) is 5.32. The molecule has 0 unspecified atom stereocenters. The molecule has 0 fully saturated rings. The lowest BCUT2D eigenvalue weighted by atomic mass is 10.3. The number of hydrogen-bond donors (Lipinski definition) is 1. The van der Waals surface area contributed by atoms with Crippen LogP contribution in [0.3, 0.4) is 0 Å². The summed E-state index contributed by atoms with van der Waals surface area (Å²) in [6, 6.07) is 8.95. The maximum atomic E-state index is 12.2. The zero-order valence-electron chi connectivity index (χ0n) is 11.6. The smallest absolute Gasteiger partial charge is 0.325 e. The van der Waals surface area contributed by atoms with E-state index in [-0.39, 0.29) is 18.0 Å². The lowest BCUT2D eigenvalue weighted by Crippen LogP contribution is -2.40. The second kappa shape index (κ2) is 5.57. The van der Waals surface area contributed by atoms with Gasteiger partial charge in [0, 0.05) is 18.1 Å². The molecule has 2 heterocycles. The van der Waals surface area contributed by atoms with Gasteiger partial charge in [0.2, 0.25) is 5.91 Å². The van der Waals surface area contributed by atoms with E-state index in [9.17, 15) is 14.4 Å². The van der Waals surface area contributed by atoms with E-state index < -0.39 is 11.2 Å². The predicted octanol–water partition coefficient (Wildman–Crippen LogP) is 0.795. The van der Waals surface area contributed by atoms with Crippen molar-refractivity contribution in [3.8, 4) is 0 Å². The van der Waals surface area contributed by atoms with Crippen LogP contribution in [0.25, 0.3) is 11.0 Å². The molecule has 0 saturated heterocycles. The molecule has 1 aromatic carbocycles. The summed E-state index contributed by atoms with van der Waals surface area (Å²) in [6.07, 6.45) is 0. The molecular formula is C14H12N4O3S. The summed E-state index contributed by atoms with van der Waals surface area (Å²) in [5.41, 5.74) is 0.216. The van der Waals surface area contributed by atoms with Crippen LogP contribution in [0, 0.1) is 0 Å². The van der Waals surface area contributed by atoms with E-state index in [4.69, 9.17) is 0 Å². The number of benzene rings is 1. The van der Waals surface area contributed by atoms with Crippen molar-refractivity contribution in [1.82, 2.24) is 13.5 Å². The minimum absolute atomic E-state index is 0.184. The number of nitrogens with zero attached hydrogens (tertiary/aromatic N) is 3. The summed E-state index contributed by atoms with van der Waals surface area (Å²) in [7, 11) is 1.37. The van der Waals surface area contributed by atoms with Gasteiger partial charge in [-0.05, 0) is 23.7 Å². The number of rotatable bonds is 3. The van der Waals surface area contributed by atoms with E-state index in [0.717, 1.165) is 16.1 Å². The number of aromatic nitrogens is 3. The Morgan fingerprint density at radius 3 is 2.73 bits per heavy atom. The van der Waals surface area contributed by atoms with Crippen molar-refractivity contribution in [3.05, 3.63) is 56.5 Å². The van der Waals surface area contributed by atoms with Crippen LogP contribution in [0.1, 0.15) is 0 Å². The molecule has 0 aliphatic rings. The first-order chi connectivity index (χ1) is 10.6. The maximum absolute atomic E-state index is 12.2. The van der Waals surface area contributed by atoms with Crippen molar-refractivity contribution < 1.29 is 4.79 Å². The van der Waals surface area contributed by atoms with Crippen molar-refractivity contribution in [1.29, 1.82) is 0 Å². The summed E-state index contributed by atoms with van der Waals surface area (Å²) in [4.78, 5) is 36.3. The van der Waals surface area contributed by atoms with Crippen molar-refractivity contribution in [2.24, 2.45) is 7.05 Å². The van der Waals surface area contributed by atoms with Crippen LogP contribution in [0.2, 0.25) is 0 Å². The average Bonchev–Trinajstić information content (AvgIpc) is 3.00. The zero-order chi connectivity index (χ0) is 15.7. The minimum atomic E-state index is -0.541. The zero-order valence-corrected chi connectivity index (χ0v) is 12.5. The molecule has 8 heteroatoms. The van der Waals surface area contributed by atoms with E-state index in [1.807, 2.05) is 6.07 Å². The van der Waals surface area contributed by atoms with E-state index in [2.05, 4.69) is 9.69 Å². The predicted molar refractivity (Wildman–Crippen MR) is 84.2 cm³/mol. The first-order valence-electron chi connectivity index (χ1n) is 6.47. The molecule has 3 aromatic rings. The molecule has 0 saturated carbocycles. The fourth-order valence-electron chi connectivity index (χ4n) is 2.12. The number of para-hydroxylation sites is 1. The number of carbonyl (C=O) groups is 1. The Hall–Kier alpha value is -2.74. The largest absolute Gasteiger partial charge is 0.331 e. The molecule has 22 heavy (non-hydrogen) atoms. The first kappa shape index (κ1) is 14.2. The van der Waals surface area contributed by atoms with Crippen LogP contribution in [0.15, 0.2) is 45.3 Å². The quantitative estimate of drug-likeness (QED) is 0.774. The van der Waals surface area contributed by atoms with Crippen molar-refractivity contribution in [2.45, 2.75) is 6.54 Å².